The molecule has 8 heteroatoms. The van der Waals surface area contributed by atoms with Crippen LogP contribution in [-0.2, 0) is 21.1 Å². The van der Waals surface area contributed by atoms with E-state index < -0.39 is 15.9 Å². The van der Waals surface area contributed by atoms with Crippen LogP contribution in [0.4, 0.5) is 11.4 Å². The lowest BCUT2D eigenvalue weighted by atomic mass is 9.99. The SMILES string of the molecule is CS(=O)(=O)c1ccc2c(c1)NC(=O)C(Cc1ccccc1)N2C(=O)c1ccncc1. The first kappa shape index (κ1) is 19.8. The lowest BCUT2D eigenvalue weighted by Crippen LogP contribution is -2.52. The van der Waals surface area contributed by atoms with Crippen LogP contribution in [0, 0.1) is 0 Å². The Balaban J connectivity index is 1.83. The highest BCUT2D eigenvalue weighted by molar-refractivity contribution is 7.90. The molecule has 2 aromatic carbocycles. The van der Waals surface area contributed by atoms with E-state index in [-0.39, 0.29) is 22.4 Å². The van der Waals surface area contributed by atoms with E-state index >= 15 is 0 Å². The molecular formula is C22H19N3O4S. The minimum absolute atomic E-state index is 0.0689. The number of benzene rings is 2. The zero-order valence-electron chi connectivity index (χ0n) is 16.1. The third-order valence-corrected chi connectivity index (χ3v) is 6.06. The predicted octanol–water partition coefficient (Wildman–Crippen LogP) is 2.70. The monoisotopic (exact) mass is 421 g/mol. The molecule has 1 N–H and O–H groups in total. The van der Waals surface area contributed by atoms with E-state index in [0.717, 1.165) is 11.8 Å². The molecule has 0 spiro atoms. The summed E-state index contributed by atoms with van der Waals surface area (Å²) in [5.41, 5.74) is 2.02. The maximum absolute atomic E-state index is 13.4. The van der Waals surface area contributed by atoms with Crippen LogP contribution in [0.25, 0.3) is 0 Å². The molecule has 3 aromatic rings. The molecule has 0 saturated heterocycles. The van der Waals surface area contributed by atoms with Crippen LogP contribution in [0.1, 0.15) is 15.9 Å². The van der Waals surface area contributed by atoms with Crippen LogP contribution < -0.4 is 10.2 Å². The van der Waals surface area contributed by atoms with E-state index in [1.165, 1.54) is 29.4 Å². The number of carbonyl (C=O) groups excluding carboxylic acids is 2. The first-order valence-electron chi connectivity index (χ1n) is 9.27. The van der Waals surface area contributed by atoms with Crippen molar-refractivity contribution in [3.63, 3.8) is 0 Å². The van der Waals surface area contributed by atoms with Gasteiger partial charge in [0.25, 0.3) is 5.91 Å². The average molecular weight is 421 g/mol. The highest BCUT2D eigenvalue weighted by atomic mass is 32.2. The van der Waals surface area contributed by atoms with E-state index in [0.29, 0.717) is 17.7 Å². The van der Waals surface area contributed by atoms with Crippen molar-refractivity contribution in [1.29, 1.82) is 0 Å². The minimum Gasteiger partial charge on any atom is -0.322 e. The maximum Gasteiger partial charge on any atom is 0.259 e. The Morgan fingerprint density at radius 2 is 1.77 bits per heavy atom. The molecule has 2 amide bonds. The number of rotatable bonds is 4. The number of aromatic nitrogens is 1. The van der Waals surface area contributed by atoms with Gasteiger partial charge in [-0.2, -0.15) is 0 Å². The smallest absolute Gasteiger partial charge is 0.259 e. The fraction of sp³-hybridized carbons (Fsp3) is 0.136. The summed E-state index contributed by atoms with van der Waals surface area (Å²) < 4.78 is 23.9. The van der Waals surface area contributed by atoms with Crippen LogP contribution in [0.2, 0.25) is 0 Å². The second-order valence-electron chi connectivity index (χ2n) is 7.06. The van der Waals surface area contributed by atoms with Crippen molar-refractivity contribution in [3.8, 4) is 0 Å². The Morgan fingerprint density at radius 3 is 2.43 bits per heavy atom. The zero-order chi connectivity index (χ0) is 21.3. The molecule has 0 fully saturated rings. The van der Waals surface area contributed by atoms with Crippen molar-refractivity contribution in [3.05, 3.63) is 84.2 Å². The molecular weight excluding hydrogens is 402 g/mol. The number of hydrogen-bond donors (Lipinski definition) is 1. The summed E-state index contributed by atoms with van der Waals surface area (Å²) in [6.07, 6.45) is 4.43. The van der Waals surface area contributed by atoms with Crippen molar-refractivity contribution < 1.29 is 18.0 Å². The molecule has 2 heterocycles. The number of sulfone groups is 1. The van der Waals surface area contributed by atoms with Gasteiger partial charge in [0.2, 0.25) is 5.91 Å². The molecule has 0 aliphatic carbocycles. The number of nitrogens with zero attached hydrogens (tertiary/aromatic N) is 2. The van der Waals surface area contributed by atoms with Gasteiger partial charge in [0, 0.05) is 30.6 Å². The van der Waals surface area contributed by atoms with Gasteiger partial charge in [0.15, 0.2) is 9.84 Å². The van der Waals surface area contributed by atoms with Gasteiger partial charge in [0.1, 0.15) is 6.04 Å². The molecule has 4 rings (SSSR count). The van der Waals surface area contributed by atoms with Gasteiger partial charge in [0.05, 0.1) is 16.3 Å². The maximum atomic E-state index is 13.4. The molecule has 1 aliphatic heterocycles. The van der Waals surface area contributed by atoms with Crippen LogP contribution >= 0.6 is 0 Å². The van der Waals surface area contributed by atoms with Crippen molar-refractivity contribution in [1.82, 2.24) is 4.98 Å². The van der Waals surface area contributed by atoms with E-state index in [2.05, 4.69) is 10.3 Å². The van der Waals surface area contributed by atoms with Gasteiger partial charge in [-0.3, -0.25) is 19.5 Å². The van der Waals surface area contributed by atoms with Crippen LogP contribution in [-0.4, -0.2) is 37.5 Å². The first-order valence-corrected chi connectivity index (χ1v) is 11.2. The molecule has 0 radical (unpaired) electrons. The standard InChI is InChI=1S/C22H19N3O4S/c1-30(28,29)17-7-8-19-18(14-17)24-21(26)20(13-15-5-3-2-4-6-15)25(19)22(27)16-9-11-23-12-10-16/h2-12,14,20H,13H2,1H3,(H,24,26). The second kappa shape index (κ2) is 7.72. The number of hydrogen-bond acceptors (Lipinski definition) is 5. The number of amides is 2. The Hall–Kier alpha value is -3.52. The van der Waals surface area contributed by atoms with Crippen molar-refractivity contribution in [2.24, 2.45) is 0 Å². The van der Waals surface area contributed by atoms with Crippen molar-refractivity contribution in [2.45, 2.75) is 17.4 Å². The molecule has 1 atom stereocenters. The predicted molar refractivity (Wildman–Crippen MR) is 113 cm³/mol. The number of pyridine rings is 1. The zero-order valence-corrected chi connectivity index (χ0v) is 17.0. The Morgan fingerprint density at radius 1 is 1.07 bits per heavy atom. The van der Waals surface area contributed by atoms with Gasteiger partial charge in [-0.1, -0.05) is 30.3 Å². The van der Waals surface area contributed by atoms with Crippen molar-refractivity contribution >= 4 is 33.0 Å². The number of carbonyl (C=O) groups is 2. The van der Waals surface area contributed by atoms with E-state index in [9.17, 15) is 18.0 Å². The van der Waals surface area contributed by atoms with Crippen LogP contribution in [0.15, 0.2) is 78.0 Å². The van der Waals surface area contributed by atoms with Gasteiger partial charge in [-0.05, 0) is 35.9 Å². The summed E-state index contributed by atoms with van der Waals surface area (Å²) in [7, 11) is -3.47. The van der Waals surface area contributed by atoms with Gasteiger partial charge in [-0.25, -0.2) is 8.42 Å². The van der Waals surface area contributed by atoms with Gasteiger partial charge < -0.3 is 5.32 Å². The molecule has 7 nitrogen and oxygen atoms in total. The summed E-state index contributed by atoms with van der Waals surface area (Å²) in [6.45, 7) is 0. The van der Waals surface area contributed by atoms with E-state index in [1.54, 1.807) is 18.2 Å². The Kier molecular flexibility index (Phi) is 5.09. The quantitative estimate of drug-likeness (QED) is 0.699. The fourth-order valence-electron chi connectivity index (χ4n) is 3.46. The normalized spacial score (nSPS) is 16.0. The summed E-state index contributed by atoms with van der Waals surface area (Å²) in [5.74, 6) is -0.735. The lowest BCUT2D eigenvalue weighted by Gasteiger charge is -2.36. The molecule has 0 saturated carbocycles. The van der Waals surface area contributed by atoms with Crippen LogP contribution in [0.5, 0.6) is 0 Å². The fourth-order valence-corrected chi connectivity index (χ4v) is 4.11. The second-order valence-corrected chi connectivity index (χ2v) is 9.07. The number of fused-ring (bicyclic) bond motifs is 1. The minimum atomic E-state index is -3.47. The molecule has 1 aromatic heterocycles. The highest BCUT2D eigenvalue weighted by Crippen LogP contribution is 2.36. The summed E-state index contributed by atoms with van der Waals surface area (Å²) in [5, 5.41) is 2.77. The van der Waals surface area contributed by atoms with Gasteiger partial charge in [-0.15, -0.1) is 0 Å². The third kappa shape index (κ3) is 3.81. The van der Waals surface area contributed by atoms with Crippen LogP contribution in [0.3, 0.4) is 0 Å². The molecule has 1 aliphatic rings. The summed E-state index contributed by atoms with van der Waals surface area (Å²) >= 11 is 0. The third-order valence-electron chi connectivity index (χ3n) is 4.95. The highest BCUT2D eigenvalue weighted by Gasteiger charge is 2.37. The van der Waals surface area contributed by atoms with E-state index in [1.807, 2.05) is 30.3 Å². The summed E-state index contributed by atoms with van der Waals surface area (Å²) in [4.78, 5) is 31.8. The molecule has 152 valence electrons. The average Bonchev–Trinajstić information content (AvgIpc) is 2.74. The van der Waals surface area contributed by atoms with Crippen molar-refractivity contribution in [2.75, 3.05) is 16.5 Å². The summed E-state index contributed by atoms with van der Waals surface area (Å²) in [6, 6.07) is 16.2. The van der Waals surface area contributed by atoms with E-state index in [4.69, 9.17) is 0 Å². The Labute approximate surface area is 174 Å². The van der Waals surface area contributed by atoms with Gasteiger partial charge >= 0.3 is 0 Å². The number of anilines is 2. The molecule has 30 heavy (non-hydrogen) atoms. The lowest BCUT2D eigenvalue weighted by molar-refractivity contribution is -0.117. The molecule has 0 bridgehead atoms. The number of nitrogens with one attached hydrogen (secondary N) is 1. The first-order chi connectivity index (χ1) is 14.3. The largest absolute Gasteiger partial charge is 0.322 e. The molecule has 1 unspecified atom stereocenters. The topological polar surface area (TPSA) is 96.4 Å². The Bertz CT molecular complexity index is 1210.